The number of pyridine rings is 1. The Balaban J connectivity index is 1.46. The maximum Gasteiger partial charge on any atom is 0.229 e. The normalized spacial score (nSPS) is 24.3. The zero-order valence-corrected chi connectivity index (χ0v) is 13.0. The molecule has 2 aromatic heterocycles. The van der Waals surface area contributed by atoms with Crippen LogP contribution in [0.4, 0.5) is 0 Å². The van der Waals surface area contributed by atoms with E-state index in [4.69, 9.17) is 4.52 Å². The van der Waals surface area contributed by atoms with Gasteiger partial charge in [-0.1, -0.05) is 11.2 Å². The first-order valence-corrected chi connectivity index (χ1v) is 8.28. The molecule has 1 aliphatic carbocycles. The van der Waals surface area contributed by atoms with Crippen molar-refractivity contribution >= 4 is 0 Å². The van der Waals surface area contributed by atoms with Crippen LogP contribution in [0.3, 0.4) is 0 Å². The molecule has 1 saturated heterocycles. The summed E-state index contributed by atoms with van der Waals surface area (Å²) in [7, 11) is 0. The Bertz CT molecular complexity index is 623. The number of piperidine rings is 1. The Morgan fingerprint density at radius 1 is 1.27 bits per heavy atom. The molecule has 2 atom stereocenters. The minimum absolute atomic E-state index is 0.381. The van der Waals surface area contributed by atoms with Gasteiger partial charge in [-0.05, 0) is 50.8 Å². The third kappa shape index (κ3) is 2.77. The molecule has 3 heterocycles. The number of aromatic nitrogens is 3. The van der Waals surface area contributed by atoms with Crippen LogP contribution in [0.2, 0.25) is 0 Å². The molecule has 0 unspecified atom stereocenters. The van der Waals surface area contributed by atoms with Gasteiger partial charge in [0.15, 0.2) is 5.82 Å². The topological polar surface area (TPSA) is 55.1 Å². The molecular weight excluding hydrogens is 276 g/mol. The molecule has 0 radical (unpaired) electrons. The van der Waals surface area contributed by atoms with E-state index in [9.17, 15) is 0 Å². The molecule has 4 rings (SSSR count). The molecule has 5 heteroatoms. The van der Waals surface area contributed by atoms with Crippen molar-refractivity contribution in [2.45, 2.75) is 50.5 Å². The van der Waals surface area contributed by atoms with E-state index in [1.54, 1.807) is 0 Å². The van der Waals surface area contributed by atoms with Crippen molar-refractivity contribution in [3.05, 3.63) is 41.8 Å². The van der Waals surface area contributed by atoms with Gasteiger partial charge >= 0.3 is 0 Å². The zero-order valence-electron chi connectivity index (χ0n) is 13.0. The molecule has 0 aromatic carbocycles. The second-order valence-electron chi connectivity index (χ2n) is 6.56. The monoisotopic (exact) mass is 298 g/mol. The maximum absolute atomic E-state index is 5.43. The lowest BCUT2D eigenvalue weighted by molar-refractivity contribution is 0.154. The quantitative estimate of drug-likeness (QED) is 0.867. The number of hydrogen-bond donors (Lipinski definition) is 0. The Labute approximate surface area is 130 Å². The highest BCUT2D eigenvalue weighted by Crippen LogP contribution is 2.40. The van der Waals surface area contributed by atoms with Crippen LogP contribution in [0.15, 0.2) is 29.0 Å². The van der Waals surface area contributed by atoms with Crippen molar-refractivity contribution < 1.29 is 4.52 Å². The van der Waals surface area contributed by atoms with Crippen LogP contribution >= 0.6 is 0 Å². The largest absolute Gasteiger partial charge is 0.339 e. The van der Waals surface area contributed by atoms with Gasteiger partial charge in [0.25, 0.3) is 0 Å². The zero-order chi connectivity index (χ0) is 14.9. The first-order valence-electron chi connectivity index (χ1n) is 8.28. The van der Waals surface area contributed by atoms with Crippen molar-refractivity contribution in [2.75, 3.05) is 13.1 Å². The van der Waals surface area contributed by atoms with Crippen LogP contribution in [-0.4, -0.2) is 33.1 Å². The van der Waals surface area contributed by atoms with Crippen molar-refractivity contribution in [1.29, 1.82) is 0 Å². The fourth-order valence-corrected chi connectivity index (χ4v) is 3.31. The average Bonchev–Trinajstić information content (AvgIpc) is 3.32. The molecule has 116 valence electrons. The summed E-state index contributed by atoms with van der Waals surface area (Å²) in [5, 5.41) is 4.24. The molecule has 0 spiro atoms. The minimum Gasteiger partial charge on any atom is -0.339 e. The molecule has 0 N–H and O–H groups in total. The third-order valence-electron chi connectivity index (χ3n) is 4.92. The molecule has 0 bridgehead atoms. The predicted molar refractivity (Wildman–Crippen MR) is 82.5 cm³/mol. The van der Waals surface area contributed by atoms with Gasteiger partial charge in [0, 0.05) is 36.8 Å². The van der Waals surface area contributed by atoms with E-state index >= 15 is 0 Å². The van der Waals surface area contributed by atoms with Crippen LogP contribution < -0.4 is 0 Å². The smallest absolute Gasteiger partial charge is 0.229 e. The Morgan fingerprint density at radius 3 is 2.95 bits per heavy atom. The summed E-state index contributed by atoms with van der Waals surface area (Å²) in [4.78, 5) is 11.4. The van der Waals surface area contributed by atoms with E-state index in [1.165, 1.54) is 24.8 Å². The van der Waals surface area contributed by atoms with Crippen LogP contribution in [0, 0.1) is 0 Å². The van der Waals surface area contributed by atoms with Gasteiger partial charge in [0.2, 0.25) is 5.89 Å². The Hall–Kier alpha value is -1.75. The highest BCUT2D eigenvalue weighted by Gasteiger charge is 2.32. The lowest BCUT2D eigenvalue weighted by Crippen LogP contribution is -2.36. The standard InChI is InChI=1S/C17H22N4O/c1-12(14-4-2-8-18-10-14)21-9-3-5-15(11-21)16-19-17(22-20-16)13-6-7-13/h2,4,8,10,12-13,15H,3,5-7,9,11H2,1H3/t12-,15-/m1/s1. The highest BCUT2D eigenvalue weighted by molar-refractivity contribution is 5.14. The fraction of sp³-hybridized carbons (Fsp3) is 0.588. The lowest BCUT2D eigenvalue weighted by Gasteiger charge is -2.35. The van der Waals surface area contributed by atoms with Crippen LogP contribution in [-0.2, 0) is 0 Å². The third-order valence-corrected chi connectivity index (χ3v) is 4.92. The van der Waals surface area contributed by atoms with E-state index in [2.05, 4.69) is 33.0 Å². The van der Waals surface area contributed by atoms with Gasteiger partial charge in [-0.15, -0.1) is 0 Å². The van der Waals surface area contributed by atoms with Gasteiger partial charge in [-0.2, -0.15) is 4.98 Å². The molecule has 22 heavy (non-hydrogen) atoms. The number of likely N-dealkylation sites (tertiary alicyclic amines) is 1. The van der Waals surface area contributed by atoms with Gasteiger partial charge < -0.3 is 4.52 Å². The summed E-state index contributed by atoms with van der Waals surface area (Å²) in [6, 6.07) is 4.54. The summed E-state index contributed by atoms with van der Waals surface area (Å²) in [6.07, 6.45) is 8.54. The number of rotatable bonds is 4. The van der Waals surface area contributed by atoms with Gasteiger partial charge in [0.1, 0.15) is 0 Å². The van der Waals surface area contributed by atoms with Crippen molar-refractivity contribution in [2.24, 2.45) is 0 Å². The van der Waals surface area contributed by atoms with E-state index in [0.29, 0.717) is 17.9 Å². The van der Waals surface area contributed by atoms with Crippen LogP contribution in [0.5, 0.6) is 0 Å². The number of nitrogens with zero attached hydrogens (tertiary/aromatic N) is 4. The Kier molecular flexibility index (Phi) is 3.66. The summed E-state index contributed by atoms with van der Waals surface area (Å²) in [5.41, 5.74) is 1.27. The SMILES string of the molecule is C[C@H](c1cccnc1)N1CCC[C@@H](c2noc(C3CC3)n2)C1. The van der Waals surface area contributed by atoms with Gasteiger partial charge in [-0.25, -0.2) is 0 Å². The summed E-state index contributed by atoms with van der Waals surface area (Å²) in [6.45, 7) is 4.38. The van der Waals surface area contributed by atoms with Crippen LogP contribution in [0.1, 0.15) is 67.8 Å². The van der Waals surface area contributed by atoms with Gasteiger partial charge in [0.05, 0.1) is 0 Å². The highest BCUT2D eigenvalue weighted by atomic mass is 16.5. The molecule has 5 nitrogen and oxygen atoms in total. The second kappa shape index (κ2) is 5.80. The maximum atomic E-state index is 5.43. The second-order valence-corrected chi connectivity index (χ2v) is 6.56. The average molecular weight is 298 g/mol. The molecule has 2 aromatic rings. The van der Waals surface area contributed by atoms with Crippen molar-refractivity contribution in [3.63, 3.8) is 0 Å². The predicted octanol–water partition coefficient (Wildman–Crippen LogP) is 3.28. The molecule has 1 aliphatic heterocycles. The number of hydrogen-bond acceptors (Lipinski definition) is 5. The summed E-state index contributed by atoms with van der Waals surface area (Å²) >= 11 is 0. The summed E-state index contributed by atoms with van der Waals surface area (Å²) in [5.74, 6) is 2.69. The molecule has 0 amide bonds. The van der Waals surface area contributed by atoms with Crippen molar-refractivity contribution in [3.8, 4) is 0 Å². The minimum atomic E-state index is 0.381. The van der Waals surface area contributed by atoms with Gasteiger partial charge in [-0.3, -0.25) is 9.88 Å². The molecule has 2 fully saturated rings. The van der Waals surface area contributed by atoms with E-state index in [1.807, 2.05) is 18.5 Å². The van der Waals surface area contributed by atoms with Crippen molar-refractivity contribution in [1.82, 2.24) is 20.0 Å². The van der Waals surface area contributed by atoms with E-state index in [-0.39, 0.29) is 0 Å². The Morgan fingerprint density at radius 2 is 2.18 bits per heavy atom. The van der Waals surface area contributed by atoms with E-state index in [0.717, 1.165) is 31.2 Å². The fourth-order valence-electron chi connectivity index (χ4n) is 3.31. The lowest BCUT2D eigenvalue weighted by atomic mass is 9.95. The molecule has 1 saturated carbocycles. The molecule has 2 aliphatic rings. The van der Waals surface area contributed by atoms with Crippen LogP contribution in [0.25, 0.3) is 0 Å². The summed E-state index contributed by atoms with van der Waals surface area (Å²) < 4.78 is 5.43. The van der Waals surface area contributed by atoms with E-state index < -0.39 is 0 Å². The first kappa shape index (κ1) is 13.9. The molecular formula is C17H22N4O. The first-order chi connectivity index (χ1) is 10.8.